The molecule has 0 saturated carbocycles. The van der Waals surface area contributed by atoms with E-state index in [0.717, 1.165) is 0 Å². The molecule has 0 aliphatic carbocycles. The van der Waals surface area contributed by atoms with Crippen LogP contribution in [0.4, 0.5) is 11.6 Å². The van der Waals surface area contributed by atoms with Gasteiger partial charge in [-0.2, -0.15) is 0 Å². The molecule has 0 saturated heterocycles. The maximum Gasteiger partial charge on any atom is 0.338 e. The summed E-state index contributed by atoms with van der Waals surface area (Å²) < 4.78 is 4.92. The Labute approximate surface area is 115 Å². The van der Waals surface area contributed by atoms with E-state index in [4.69, 9.17) is 4.74 Å². The van der Waals surface area contributed by atoms with Crippen LogP contribution in [0, 0.1) is 6.92 Å². The third-order valence-corrected chi connectivity index (χ3v) is 2.50. The first kappa shape index (κ1) is 13.7. The van der Waals surface area contributed by atoms with Gasteiger partial charge in [0.25, 0.3) is 5.56 Å². The highest BCUT2D eigenvalue weighted by Crippen LogP contribution is 2.14. The van der Waals surface area contributed by atoms with Crippen molar-refractivity contribution < 1.29 is 9.53 Å². The summed E-state index contributed by atoms with van der Waals surface area (Å²) in [6, 6.07) is 6.70. The van der Waals surface area contributed by atoms with E-state index in [1.807, 2.05) is 0 Å². The van der Waals surface area contributed by atoms with Crippen LogP contribution in [-0.2, 0) is 4.74 Å². The second-order valence-corrected chi connectivity index (χ2v) is 4.01. The maximum absolute atomic E-state index is 11.6. The van der Waals surface area contributed by atoms with Gasteiger partial charge in [-0.1, -0.05) is 6.07 Å². The van der Waals surface area contributed by atoms with Crippen LogP contribution in [0.3, 0.4) is 0 Å². The zero-order chi connectivity index (χ0) is 14.5. The minimum atomic E-state index is -0.403. The molecular weight excluding hydrogens is 260 g/mol. The summed E-state index contributed by atoms with van der Waals surface area (Å²) in [5.74, 6) is -0.193. The summed E-state index contributed by atoms with van der Waals surface area (Å²) >= 11 is 0. The zero-order valence-corrected chi connectivity index (χ0v) is 11.1. The highest BCUT2D eigenvalue weighted by Gasteiger charge is 2.07. The molecule has 2 rings (SSSR count). The Balaban J connectivity index is 2.21. The standard InChI is InChI=1S/C13H14N4O3/c1-3-20-12(19)9-5-4-6-10(7-9)14-13-15-11(18)8(2)16-17-13/h4-7H,3H2,1-2H3,(H2,14,15,17,18). The first-order valence-corrected chi connectivity index (χ1v) is 6.08. The summed E-state index contributed by atoms with van der Waals surface area (Å²) in [4.78, 5) is 25.6. The van der Waals surface area contributed by atoms with E-state index in [2.05, 4.69) is 20.5 Å². The Hall–Kier alpha value is -2.70. The number of nitrogens with one attached hydrogen (secondary N) is 2. The van der Waals surface area contributed by atoms with E-state index in [1.54, 1.807) is 38.1 Å². The number of aryl methyl sites for hydroxylation is 1. The molecule has 0 aliphatic heterocycles. The third kappa shape index (κ3) is 3.19. The summed E-state index contributed by atoms with van der Waals surface area (Å²) in [7, 11) is 0. The molecule has 0 unspecified atom stereocenters. The van der Waals surface area contributed by atoms with E-state index < -0.39 is 5.97 Å². The molecule has 1 heterocycles. The number of H-pyrrole nitrogens is 1. The summed E-state index contributed by atoms with van der Waals surface area (Å²) in [5.41, 5.74) is 0.989. The fraction of sp³-hybridized carbons (Fsp3) is 0.231. The van der Waals surface area contributed by atoms with Crippen molar-refractivity contribution >= 4 is 17.6 Å². The molecule has 0 spiro atoms. The Bertz CT molecular complexity index is 681. The van der Waals surface area contributed by atoms with Crippen molar-refractivity contribution in [3.05, 3.63) is 45.9 Å². The number of rotatable bonds is 4. The number of carbonyl (C=O) groups is 1. The number of anilines is 2. The van der Waals surface area contributed by atoms with Crippen molar-refractivity contribution in [2.75, 3.05) is 11.9 Å². The molecule has 1 aromatic carbocycles. The van der Waals surface area contributed by atoms with Crippen LogP contribution >= 0.6 is 0 Å². The second kappa shape index (κ2) is 5.96. The molecule has 0 atom stereocenters. The summed E-state index contributed by atoms with van der Waals surface area (Å²) in [5, 5.41) is 10.4. The number of aromatic nitrogens is 3. The van der Waals surface area contributed by atoms with Gasteiger partial charge in [-0.05, 0) is 32.0 Å². The number of ether oxygens (including phenoxy) is 1. The van der Waals surface area contributed by atoms with E-state index in [-0.39, 0.29) is 17.2 Å². The zero-order valence-electron chi connectivity index (χ0n) is 11.1. The second-order valence-electron chi connectivity index (χ2n) is 4.01. The van der Waals surface area contributed by atoms with Crippen LogP contribution in [0.1, 0.15) is 23.0 Å². The fourth-order valence-electron chi connectivity index (χ4n) is 1.52. The van der Waals surface area contributed by atoms with E-state index in [0.29, 0.717) is 17.9 Å². The molecule has 2 N–H and O–H groups in total. The average molecular weight is 274 g/mol. The first-order chi connectivity index (χ1) is 9.60. The SMILES string of the molecule is CCOC(=O)c1cccc(Nc2nnc(C)c(=O)[nH]2)c1. The topological polar surface area (TPSA) is 97.0 Å². The van der Waals surface area contributed by atoms with Gasteiger partial charge in [0.05, 0.1) is 12.2 Å². The quantitative estimate of drug-likeness (QED) is 0.818. The molecule has 2 aromatic rings. The number of aromatic amines is 1. The monoisotopic (exact) mass is 274 g/mol. The van der Waals surface area contributed by atoms with Crippen LogP contribution in [0.15, 0.2) is 29.1 Å². The third-order valence-electron chi connectivity index (χ3n) is 2.50. The summed E-state index contributed by atoms with van der Waals surface area (Å²) in [6.07, 6.45) is 0. The normalized spacial score (nSPS) is 10.1. The van der Waals surface area contributed by atoms with Crippen molar-refractivity contribution in [2.45, 2.75) is 13.8 Å². The number of esters is 1. The fourth-order valence-corrected chi connectivity index (χ4v) is 1.52. The Morgan fingerprint density at radius 2 is 2.20 bits per heavy atom. The molecule has 0 radical (unpaired) electrons. The lowest BCUT2D eigenvalue weighted by atomic mass is 10.2. The van der Waals surface area contributed by atoms with Crippen molar-refractivity contribution in [3.63, 3.8) is 0 Å². The number of hydrogen-bond donors (Lipinski definition) is 2. The molecule has 1 aromatic heterocycles. The predicted octanol–water partition coefficient (Wildman–Crippen LogP) is 1.39. The lowest BCUT2D eigenvalue weighted by Crippen LogP contribution is -2.15. The Morgan fingerprint density at radius 3 is 2.90 bits per heavy atom. The van der Waals surface area contributed by atoms with Gasteiger partial charge in [0.1, 0.15) is 5.69 Å². The maximum atomic E-state index is 11.6. The van der Waals surface area contributed by atoms with Gasteiger partial charge in [-0.3, -0.25) is 9.78 Å². The minimum Gasteiger partial charge on any atom is -0.462 e. The number of carbonyl (C=O) groups excluding carboxylic acids is 1. The molecule has 7 nitrogen and oxygen atoms in total. The van der Waals surface area contributed by atoms with Gasteiger partial charge in [0.2, 0.25) is 5.95 Å². The lowest BCUT2D eigenvalue weighted by molar-refractivity contribution is 0.0526. The molecular formula is C13H14N4O3. The average Bonchev–Trinajstić information content (AvgIpc) is 2.43. The van der Waals surface area contributed by atoms with Crippen molar-refractivity contribution in [3.8, 4) is 0 Å². The highest BCUT2D eigenvalue weighted by molar-refractivity contribution is 5.90. The van der Waals surface area contributed by atoms with Gasteiger partial charge in [0, 0.05) is 5.69 Å². The molecule has 0 amide bonds. The number of hydrogen-bond acceptors (Lipinski definition) is 6. The Kier molecular flexibility index (Phi) is 4.09. The van der Waals surface area contributed by atoms with Crippen LogP contribution in [-0.4, -0.2) is 27.8 Å². The largest absolute Gasteiger partial charge is 0.462 e. The van der Waals surface area contributed by atoms with Crippen LogP contribution in [0.5, 0.6) is 0 Å². The van der Waals surface area contributed by atoms with E-state index in [9.17, 15) is 9.59 Å². The van der Waals surface area contributed by atoms with Crippen LogP contribution in [0.2, 0.25) is 0 Å². The van der Waals surface area contributed by atoms with Gasteiger partial charge in [-0.15, -0.1) is 10.2 Å². The van der Waals surface area contributed by atoms with Gasteiger partial charge in [-0.25, -0.2) is 4.79 Å². The minimum absolute atomic E-state index is 0.210. The Morgan fingerprint density at radius 1 is 1.40 bits per heavy atom. The smallest absolute Gasteiger partial charge is 0.338 e. The van der Waals surface area contributed by atoms with Crippen molar-refractivity contribution in [1.82, 2.24) is 15.2 Å². The van der Waals surface area contributed by atoms with Crippen molar-refractivity contribution in [1.29, 1.82) is 0 Å². The predicted molar refractivity (Wildman–Crippen MR) is 73.1 cm³/mol. The van der Waals surface area contributed by atoms with Crippen LogP contribution in [0.25, 0.3) is 0 Å². The van der Waals surface area contributed by atoms with Crippen LogP contribution < -0.4 is 10.9 Å². The molecule has 7 heteroatoms. The van der Waals surface area contributed by atoms with Gasteiger partial charge < -0.3 is 10.1 Å². The number of benzene rings is 1. The molecule has 0 aliphatic rings. The molecule has 0 fully saturated rings. The van der Waals surface area contributed by atoms with Gasteiger partial charge in [0.15, 0.2) is 0 Å². The van der Waals surface area contributed by atoms with Crippen molar-refractivity contribution in [2.24, 2.45) is 0 Å². The molecule has 20 heavy (non-hydrogen) atoms. The van der Waals surface area contributed by atoms with E-state index >= 15 is 0 Å². The molecule has 0 bridgehead atoms. The summed E-state index contributed by atoms with van der Waals surface area (Å²) in [6.45, 7) is 3.62. The highest BCUT2D eigenvalue weighted by atomic mass is 16.5. The van der Waals surface area contributed by atoms with E-state index in [1.165, 1.54) is 0 Å². The molecule has 104 valence electrons. The van der Waals surface area contributed by atoms with Gasteiger partial charge >= 0.3 is 5.97 Å². The number of nitrogens with zero attached hydrogens (tertiary/aromatic N) is 2. The first-order valence-electron chi connectivity index (χ1n) is 6.08. The lowest BCUT2D eigenvalue weighted by Gasteiger charge is -2.06.